The molecule has 0 fully saturated rings. The number of primary amides is 1. The molecule has 0 aliphatic carbocycles. The number of rotatable bonds is 5. The van der Waals surface area contributed by atoms with Crippen molar-refractivity contribution in [1.82, 2.24) is 4.57 Å². The summed E-state index contributed by atoms with van der Waals surface area (Å²) in [7, 11) is 0. The minimum absolute atomic E-state index is 0.0591. The topological polar surface area (TPSA) is 94.6 Å². The summed E-state index contributed by atoms with van der Waals surface area (Å²) in [6.07, 6.45) is -4.48. The highest BCUT2D eigenvalue weighted by molar-refractivity contribution is 6.20. The fourth-order valence-corrected chi connectivity index (χ4v) is 3.80. The van der Waals surface area contributed by atoms with Crippen LogP contribution in [0.5, 0.6) is 5.75 Å². The fourth-order valence-electron chi connectivity index (χ4n) is 3.80. The van der Waals surface area contributed by atoms with Crippen LogP contribution in [0.2, 0.25) is 0 Å². The molecular formula is C23H17F3N2O4. The van der Waals surface area contributed by atoms with Crippen molar-refractivity contribution in [2.45, 2.75) is 12.7 Å². The minimum atomic E-state index is -4.48. The Bertz CT molecular complexity index is 1360. The molecule has 1 amide bonds. The van der Waals surface area contributed by atoms with E-state index in [-0.39, 0.29) is 17.9 Å². The Hall–Kier alpha value is -3.85. The number of aromatic nitrogens is 1. The van der Waals surface area contributed by atoms with Gasteiger partial charge in [0.15, 0.2) is 0 Å². The maximum Gasteiger partial charge on any atom is 0.416 e. The summed E-state index contributed by atoms with van der Waals surface area (Å²) in [5, 5.41) is 9.87. The number of fused-ring (bicyclic) bond motifs is 3. The molecule has 1 heterocycles. The number of carbonyl (C=O) groups excluding carboxylic acids is 2. The molecule has 0 saturated heterocycles. The number of hydrogen-bond acceptors (Lipinski definition) is 4. The first kappa shape index (κ1) is 21.4. The lowest BCUT2D eigenvalue weighted by molar-refractivity contribution is -0.138. The van der Waals surface area contributed by atoms with Crippen molar-refractivity contribution < 1.29 is 32.6 Å². The Morgan fingerprint density at radius 2 is 1.62 bits per heavy atom. The van der Waals surface area contributed by atoms with Gasteiger partial charge in [-0.3, -0.25) is 4.79 Å². The lowest BCUT2D eigenvalue weighted by atomic mass is 10.1. The molecule has 0 unspecified atom stereocenters. The van der Waals surface area contributed by atoms with Gasteiger partial charge in [0.1, 0.15) is 12.4 Å². The Labute approximate surface area is 179 Å². The number of amides is 1. The molecule has 0 radical (unpaired) electrons. The predicted octanol–water partition coefficient (Wildman–Crippen LogP) is 3.86. The van der Waals surface area contributed by atoms with Crippen LogP contribution in [0.3, 0.4) is 0 Å². The zero-order chi connectivity index (χ0) is 23.0. The second-order valence-electron chi connectivity index (χ2n) is 7.13. The number of aliphatic hydroxyl groups is 1. The van der Waals surface area contributed by atoms with Crippen LogP contribution in [0.15, 0.2) is 60.7 Å². The molecule has 3 N–H and O–H groups in total. The predicted molar refractivity (Wildman–Crippen MR) is 111 cm³/mol. The molecule has 3 aromatic carbocycles. The van der Waals surface area contributed by atoms with E-state index in [9.17, 15) is 22.8 Å². The van der Waals surface area contributed by atoms with Crippen LogP contribution < -0.4 is 10.5 Å². The molecule has 0 aliphatic heterocycles. The van der Waals surface area contributed by atoms with Crippen LogP contribution in [0.25, 0.3) is 21.8 Å². The van der Waals surface area contributed by atoms with Crippen molar-refractivity contribution in [3.05, 3.63) is 77.4 Å². The molecule has 0 saturated carbocycles. The number of carbonyl (C=O) groups is 2. The molecule has 4 rings (SSSR count). The zero-order valence-corrected chi connectivity index (χ0v) is 16.5. The number of nitrogens with zero attached hydrogens (tertiary/aromatic N) is 1. The number of nitrogens with two attached hydrogens (primary N) is 1. The molecule has 0 bridgehead atoms. The Balaban J connectivity index is 1.99. The van der Waals surface area contributed by atoms with Crippen molar-refractivity contribution in [3.8, 4) is 5.75 Å². The number of aliphatic hydroxyl groups excluding tert-OH is 1. The second kappa shape index (κ2) is 8.01. The average Bonchev–Trinajstić information content (AvgIpc) is 3.08. The minimum Gasteiger partial charge on any atom is -0.424 e. The van der Waals surface area contributed by atoms with Crippen molar-refractivity contribution >= 4 is 33.7 Å². The number of hydrogen-bond donors (Lipinski definition) is 2. The van der Waals surface area contributed by atoms with Crippen LogP contribution in [0.4, 0.5) is 13.2 Å². The van der Waals surface area contributed by atoms with Gasteiger partial charge in [-0.05, 0) is 42.0 Å². The van der Waals surface area contributed by atoms with Crippen LogP contribution in [-0.2, 0) is 17.5 Å². The van der Waals surface area contributed by atoms with E-state index < -0.39 is 30.2 Å². The summed E-state index contributed by atoms with van der Waals surface area (Å²) in [6.45, 7) is -0.786. The van der Waals surface area contributed by atoms with Crippen molar-refractivity contribution in [2.24, 2.45) is 5.73 Å². The number of benzene rings is 3. The third-order valence-corrected chi connectivity index (χ3v) is 5.09. The van der Waals surface area contributed by atoms with E-state index in [0.717, 1.165) is 12.1 Å². The average molecular weight is 442 g/mol. The largest absolute Gasteiger partial charge is 0.424 e. The fraction of sp³-hybridized carbons (Fsp3) is 0.130. The van der Waals surface area contributed by atoms with E-state index in [1.54, 1.807) is 34.9 Å². The van der Waals surface area contributed by atoms with E-state index in [1.807, 2.05) is 0 Å². The van der Waals surface area contributed by atoms with Gasteiger partial charge in [-0.2, -0.15) is 13.2 Å². The first-order valence-electron chi connectivity index (χ1n) is 9.52. The zero-order valence-electron chi connectivity index (χ0n) is 16.5. The van der Waals surface area contributed by atoms with Crippen molar-refractivity contribution in [1.29, 1.82) is 0 Å². The van der Waals surface area contributed by atoms with Gasteiger partial charge in [0, 0.05) is 17.5 Å². The van der Waals surface area contributed by atoms with Crippen LogP contribution >= 0.6 is 0 Å². The SMILES string of the molecule is NC(=O)c1cccc2c1c1c(OC(=O)CO)cccc1n2Cc1cccc(C(F)(F)F)c1. The van der Waals surface area contributed by atoms with Gasteiger partial charge < -0.3 is 20.1 Å². The molecule has 32 heavy (non-hydrogen) atoms. The lowest BCUT2D eigenvalue weighted by Crippen LogP contribution is -2.13. The Morgan fingerprint density at radius 1 is 0.969 bits per heavy atom. The Kier molecular flexibility index (Phi) is 5.35. The highest BCUT2D eigenvalue weighted by Gasteiger charge is 2.30. The van der Waals surface area contributed by atoms with Gasteiger partial charge in [0.2, 0.25) is 5.91 Å². The van der Waals surface area contributed by atoms with Gasteiger partial charge in [-0.25, -0.2) is 4.79 Å². The molecule has 9 heteroatoms. The molecule has 0 atom stereocenters. The van der Waals surface area contributed by atoms with E-state index in [2.05, 4.69) is 0 Å². The summed E-state index contributed by atoms with van der Waals surface area (Å²) in [4.78, 5) is 23.8. The molecule has 0 aliphatic rings. The summed E-state index contributed by atoms with van der Waals surface area (Å²) in [5.41, 5.74) is 6.40. The molecular weight excluding hydrogens is 425 g/mol. The van der Waals surface area contributed by atoms with Gasteiger partial charge in [0.05, 0.1) is 22.0 Å². The van der Waals surface area contributed by atoms with Gasteiger partial charge in [-0.1, -0.05) is 24.3 Å². The highest BCUT2D eigenvalue weighted by atomic mass is 19.4. The third-order valence-electron chi connectivity index (χ3n) is 5.09. The van der Waals surface area contributed by atoms with E-state index >= 15 is 0 Å². The molecule has 6 nitrogen and oxygen atoms in total. The first-order chi connectivity index (χ1) is 15.2. The van der Waals surface area contributed by atoms with E-state index in [4.69, 9.17) is 15.6 Å². The number of alkyl halides is 3. The van der Waals surface area contributed by atoms with Crippen molar-refractivity contribution in [2.75, 3.05) is 6.61 Å². The van der Waals surface area contributed by atoms with Crippen LogP contribution in [0, 0.1) is 0 Å². The quantitative estimate of drug-likeness (QED) is 0.363. The van der Waals surface area contributed by atoms with Gasteiger partial charge in [0.25, 0.3) is 0 Å². The normalized spacial score (nSPS) is 11.8. The molecule has 0 spiro atoms. The molecule has 164 valence electrons. The summed E-state index contributed by atoms with van der Waals surface area (Å²) in [5.74, 6) is -1.51. The van der Waals surface area contributed by atoms with Crippen molar-refractivity contribution in [3.63, 3.8) is 0 Å². The number of esters is 1. The maximum atomic E-state index is 13.2. The monoisotopic (exact) mass is 442 g/mol. The van der Waals surface area contributed by atoms with Crippen LogP contribution in [-0.4, -0.2) is 28.2 Å². The first-order valence-corrected chi connectivity index (χ1v) is 9.52. The van der Waals surface area contributed by atoms with E-state index in [1.165, 1.54) is 18.2 Å². The molecule has 1 aromatic heterocycles. The standard InChI is InChI=1S/C23H17F3N2O4/c24-23(25,26)14-5-1-4-13(10-14)11-28-16-7-2-6-15(22(27)31)20(16)21-17(28)8-3-9-18(21)32-19(30)12-29/h1-10,29H,11-12H2,(H2,27,31). The number of ether oxygens (including phenoxy) is 1. The number of halogens is 3. The molecule has 4 aromatic rings. The maximum absolute atomic E-state index is 13.2. The summed E-state index contributed by atoms with van der Waals surface area (Å²) < 4.78 is 46.5. The lowest BCUT2D eigenvalue weighted by Gasteiger charge is -2.11. The highest BCUT2D eigenvalue weighted by Crippen LogP contribution is 2.38. The smallest absolute Gasteiger partial charge is 0.416 e. The van der Waals surface area contributed by atoms with Gasteiger partial charge >= 0.3 is 12.1 Å². The van der Waals surface area contributed by atoms with E-state index in [0.29, 0.717) is 27.4 Å². The third kappa shape index (κ3) is 3.78. The summed E-state index contributed by atoms with van der Waals surface area (Å²) >= 11 is 0. The van der Waals surface area contributed by atoms with Gasteiger partial charge in [-0.15, -0.1) is 0 Å². The Morgan fingerprint density at radius 3 is 2.28 bits per heavy atom. The second-order valence-corrected chi connectivity index (χ2v) is 7.13. The van der Waals surface area contributed by atoms with Crippen LogP contribution in [0.1, 0.15) is 21.5 Å². The summed E-state index contributed by atoms with van der Waals surface area (Å²) in [6, 6.07) is 14.6.